The van der Waals surface area contributed by atoms with Gasteiger partial charge in [-0.2, -0.15) is 0 Å². The average Bonchev–Trinajstić information content (AvgIpc) is 3.35. The Morgan fingerprint density at radius 3 is 2.59 bits per heavy atom. The van der Waals surface area contributed by atoms with Crippen molar-refractivity contribution in [3.8, 4) is 28.5 Å². The van der Waals surface area contributed by atoms with Gasteiger partial charge in [-0.3, -0.25) is 9.20 Å². The lowest BCUT2D eigenvalue weighted by molar-refractivity contribution is 0.102. The number of rotatable bonds is 6. The number of anilines is 1. The molecule has 0 bridgehead atoms. The lowest BCUT2D eigenvalue weighted by Crippen LogP contribution is -2.14. The molecule has 0 saturated carbocycles. The molecule has 0 fully saturated rings. The van der Waals surface area contributed by atoms with Crippen molar-refractivity contribution >= 4 is 27.9 Å². The lowest BCUT2D eigenvalue weighted by Gasteiger charge is -2.11. The number of nitrogens with zero attached hydrogens (tertiary/aromatic N) is 2. The number of imidazole rings is 1. The standard InChI is InChI=1S/C21H19N3O4S/c1-26-14-6-4-5-13(9-14)17-11-24-18(12-29-21(24)23-17)20(25)22-16-8-7-15(27-2)10-19(16)28-3/h4-12H,1-3H3,(H,22,25). The van der Waals surface area contributed by atoms with E-state index in [-0.39, 0.29) is 5.91 Å². The summed E-state index contributed by atoms with van der Waals surface area (Å²) >= 11 is 1.40. The minimum absolute atomic E-state index is 0.255. The third-order valence-electron chi connectivity index (χ3n) is 4.46. The first kappa shape index (κ1) is 18.8. The van der Waals surface area contributed by atoms with Crippen LogP contribution >= 0.6 is 11.3 Å². The number of ether oxygens (including phenoxy) is 3. The van der Waals surface area contributed by atoms with Crippen LogP contribution in [0.15, 0.2) is 54.0 Å². The van der Waals surface area contributed by atoms with Gasteiger partial charge in [0.1, 0.15) is 22.9 Å². The number of thiazole rings is 1. The zero-order valence-corrected chi connectivity index (χ0v) is 16.9. The van der Waals surface area contributed by atoms with E-state index in [4.69, 9.17) is 14.2 Å². The summed E-state index contributed by atoms with van der Waals surface area (Å²) in [6.45, 7) is 0. The quantitative estimate of drug-likeness (QED) is 0.513. The molecule has 0 saturated heterocycles. The second kappa shape index (κ2) is 7.84. The van der Waals surface area contributed by atoms with Crippen LogP contribution in [0.2, 0.25) is 0 Å². The smallest absolute Gasteiger partial charge is 0.273 e. The second-order valence-corrected chi connectivity index (χ2v) is 6.99. The highest BCUT2D eigenvalue weighted by molar-refractivity contribution is 7.15. The number of aromatic nitrogens is 2. The molecule has 0 spiro atoms. The minimum atomic E-state index is -0.255. The van der Waals surface area contributed by atoms with Crippen molar-refractivity contribution in [2.45, 2.75) is 0 Å². The van der Waals surface area contributed by atoms with Crippen LogP contribution in [0, 0.1) is 0 Å². The van der Waals surface area contributed by atoms with Crippen LogP contribution in [0.25, 0.3) is 16.2 Å². The summed E-state index contributed by atoms with van der Waals surface area (Å²) in [5.41, 5.74) is 2.74. The van der Waals surface area contributed by atoms with E-state index in [1.165, 1.54) is 11.3 Å². The van der Waals surface area contributed by atoms with E-state index in [9.17, 15) is 4.79 Å². The maximum absolute atomic E-state index is 12.9. The van der Waals surface area contributed by atoms with Crippen LogP contribution in [0.5, 0.6) is 17.2 Å². The van der Waals surface area contributed by atoms with Crippen molar-refractivity contribution in [3.05, 3.63) is 59.7 Å². The maximum Gasteiger partial charge on any atom is 0.273 e. The molecular formula is C21H19N3O4S. The van der Waals surface area contributed by atoms with E-state index in [0.29, 0.717) is 22.9 Å². The van der Waals surface area contributed by atoms with Crippen molar-refractivity contribution in [3.63, 3.8) is 0 Å². The molecule has 29 heavy (non-hydrogen) atoms. The first-order valence-corrected chi connectivity index (χ1v) is 9.65. The van der Waals surface area contributed by atoms with Crippen molar-refractivity contribution in [2.75, 3.05) is 26.6 Å². The van der Waals surface area contributed by atoms with Gasteiger partial charge in [0.05, 0.1) is 32.7 Å². The molecule has 2 heterocycles. The Hall–Kier alpha value is -3.52. The van der Waals surface area contributed by atoms with Crippen LogP contribution in [-0.2, 0) is 0 Å². The number of methoxy groups -OCH3 is 3. The molecule has 0 radical (unpaired) electrons. The molecule has 4 rings (SSSR count). The molecule has 7 nitrogen and oxygen atoms in total. The van der Waals surface area contributed by atoms with Crippen molar-refractivity contribution in [2.24, 2.45) is 0 Å². The number of carbonyl (C=O) groups is 1. The molecule has 1 amide bonds. The molecule has 1 N–H and O–H groups in total. The molecule has 0 atom stereocenters. The third kappa shape index (κ3) is 3.62. The Labute approximate surface area is 171 Å². The molecule has 8 heteroatoms. The molecule has 148 valence electrons. The van der Waals surface area contributed by atoms with Crippen LogP contribution < -0.4 is 19.5 Å². The molecule has 0 aliphatic carbocycles. The largest absolute Gasteiger partial charge is 0.497 e. The molecule has 0 unspecified atom stereocenters. The number of fused-ring (bicyclic) bond motifs is 1. The van der Waals surface area contributed by atoms with Gasteiger partial charge in [-0.1, -0.05) is 12.1 Å². The average molecular weight is 409 g/mol. The summed E-state index contributed by atoms with van der Waals surface area (Å²) in [5, 5.41) is 4.67. The van der Waals surface area contributed by atoms with E-state index < -0.39 is 0 Å². The van der Waals surface area contributed by atoms with Crippen molar-refractivity contribution < 1.29 is 19.0 Å². The van der Waals surface area contributed by atoms with Crippen molar-refractivity contribution in [1.29, 1.82) is 0 Å². The monoisotopic (exact) mass is 409 g/mol. The predicted molar refractivity (Wildman–Crippen MR) is 113 cm³/mol. The zero-order chi connectivity index (χ0) is 20.4. The highest BCUT2D eigenvalue weighted by Crippen LogP contribution is 2.30. The number of hydrogen-bond donors (Lipinski definition) is 1. The summed E-state index contributed by atoms with van der Waals surface area (Å²) in [4.78, 5) is 18.3. The number of hydrogen-bond acceptors (Lipinski definition) is 6. The summed E-state index contributed by atoms with van der Waals surface area (Å²) in [6.07, 6.45) is 1.85. The third-order valence-corrected chi connectivity index (χ3v) is 5.30. The zero-order valence-electron chi connectivity index (χ0n) is 16.1. The molecule has 2 aromatic heterocycles. The van der Waals surface area contributed by atoms with E-state index >= 15 is 0 Å². The molecule has 0 aliphatic heterocycles. The minimum Gasteiger partial charge on any atom is -0.497 e. The Bertz CT molecular complexity index is 1180. The Morgan fingerprint density at radius 1 is 1.03 bits per heavy atom. The number of benzene rings is 2. The van der Waals surface area contributed by atoms with Crippen LogP contribution in [0.3, 0.4) is 0 Å². The van der Waals surface area contributed by atoms with E-state index in [1.807, 2.05) is 30.5 Å². The molecular weight excluding hydrogens is 390 g/mol. The number of amides is 1. The number of nitrogens with one attached hydrogen (secondary N) is 1. The van der Waals surface area contributed by atoms with Gasteiger partial charge in [0, 0.05) is 23.2 Å². The summed E-state index contributed by atoms with van der Waals surface area (Å²) < 4.78 is 17.6. The topological polar surface area (TPSA) is 74.1 Å². The normalized spacial score (nSPS) is 10.7. The van der Waals surface area contributed by atoms with E-state index in [1.54, 1.807) is 49.3 Å². The fraction of sp³-hybridized carbons (Fsp3) is 0.143. The van der Waals surface area contributed by atoms with Gasteiger partial charge in [-0.05, 0) is 24.3 Å². The van der Waals surface area contributed by atoms with Crippen LogP contribution in [-0.4, -0.2) is 36.6 Å². The second-order valence-electron chi connectivity index (χ2n) is 6.15. The highest BCUT2D eigenvalue weighted by Gasteiger charge is 2.17. The summed E-state index contributed by atoms with van der Waals surface area (Å²) in [6, 6.07) is 12.9. The highest BCUT2D eigenvalue weighted by atomic mass is 32.1. The van der Waals surface area contributed by atoms with Gasteiger partial charge in [0.25, 0.3) is 5.91 Å². The summed E-state index contributed by atoms with van der Waals surface area (Å²) in [5.74, 6) is 1.67. The van der Waals surface area contributed by atoms with Gasteiger partial charge >= 0.3 is 0 Å². The van der Waals surface area contributed by atoms with Gasteiger partial charge in [0.2, 0.25) is 0 Å². The fourth-order valence-electron chi connectivity index (χ4n) is 2.96. The van der Waals surface area contributed by atoms with Gasteiger partial charge in [-0.25, -0.2) is 4.98 Å². The van der Waals surface area contributed by atoms with Crippen LogP contribution in [0.1, 0.15) is 10.5 Å². The SMILES string of the molecule is COc1cccc(-c2cn3c(C(=O)Nc4ccc(OC)cc4OC)csc3n2)c1. The molecule has 4 aromatic rings. The molecule has 0 aliphatic rings. The van der Waals surface area contributed by atoms with E-state index in [0.717, 1.165) is 22.0 Å². The molecule has 2 aromatic carbocycles. The van der Waals surface area contributed by atoms with Crippen LogP contribution in [0.4, 0.5) is 5.69 Å². The Morgan fingerprint density at radius 2 is 1.83 bits per heavy atom. The summed E-state index contributed by atoms with van der Waals surface area (Å²) in [7, 11) is 4.75. The predicted octanol–water partition coefficient (Wildman–Crippen LogP) is 4.34. The Kier molecular flexibility index (Phi) is 5.09. The van der Waals surface area contributed by atoms with Gasteiger partial charge in [-0.15, -0.1) is 11.3 Å². The first-order valence-electron chi connectivity index (χ1n) is 8.77. The van der Waals surface area contributed by atoms with Crippen molar-refractivity contribution in [1.82, 2.24) is 9.38 Å². The van der Waals surface area contributed by atoms with E-state index in [2.05, 4.69) is 10.3 Å². The maximum atomic E-state index is 12.9. The van der Waals surface area contributed by atoms with Gasteiger partial charge < -0.3 is 19.5 Å². The van der Waals surface area contributed by atoms with Gasteiger partial charge in [0.15, 0.2) is 4.96 Å². The number of carbonyl (C=O) groups excluding carboxylic acids is 1. The lowest BCUT2D eigenvalue weighted by atomic mass is 10.1. The fourth-order valence-corrected chi connectivity index (χ4v) is 3.81. The Balaban J connectivity index is 1.64. The first-order chi connectivity index (χ1) is 14.1.